The summed E-state index contributed by atoms with van der Waals surface area (Å²) in [6, 6.07) is 0.675. The first kappa shape index (κ1) is 10.4. The molecule has 0 amide bonds. The molecule has 1 fully saturated rings. The van der Waals surface area contributed by atoms with Gasteiger partial charge in [0.15, 0.2) is 0 Å². The van der Waals surface area contributed by atoms with E-state index in [9.17, 15) is 0 Å². The molecule has 1 aliphatic rings. The Kier molecular flexibility index (Phi) is 3.16. The predicted molar refractivity (Wildman–Crippen MR) is 60.6 cm³/mol. The highest BCUT2D eigenvalue weighted by molar-refractivity contribution is 5.33. The van der Waals surface area contributed by atoms with Gasteiger partial charge in [-0.25, -0.2) is 9.97 Å². The zero-order valence-corrected chi connectivity index (χ0v) is 9.19. The van der Waals surface area contributed by atoms with Crippen molar-refractivity contribution in [2.75, 3.05) is 11.4 Å². The zero-order chi connectivity index (χ0) is 10.7. The van der Waals surface area contributed by atoms with E-state index in [1.54, 1.807) is 0 Å². The quantitative estimate of drug-likeness (QED) is 0.789. The van der Waals surface area contributed by atoms with Gasteiger partial charge in [0.25, 0.3) is 0 Å². The van der Waals surface area contributed by atoms with Gasteiger partial charge in [-0.15, -0.1) is 0 Å². The molecule has 0 atom stereocenters. The summed E-state index contributed by atoms with van der Waals surface area (Å²) >= 11 is 0. The lowest BCUT2D eigenvalue weighted by molar-refractivity contribution is 0.733. The minimum Gasteiger partial charge on any atom is -0.338 e. The van der Waals surface area contributed by atoms with Crippen LogP contribution in [0.3, 0.4) is 0 Å². The molecule has 2 rings (SSSR count). The van der Waals surface area contributed by atoms with Gasteiger partial charge < -0.3 is 10.6 Å². The van der Waals surface area contributed by atoms with Crippen LogP contribution in [-0.4, -0.2) is 22.6 Å². The number of nitrogens with two attached hydrogens (primary N) is 1. The third-order valence-electron chi connectivity index (χ3n) is 2.64. The number of nitrogens with zero attached hydrogens (tertiary/aromatic N) is 3. The second-order valence-electron chi connectivity index (χ2n) is 4.02. The van der Waals surface area contributed by atoms with Crippen LogP contribution in [0.2, 0.25) is 0 Å². The van der Waals surface area contributed by atoms with Gasteiger partial charge in [-0.05, 0) is 19.3 Å². The van der Waals surface area contributed by atoms with Gasteiger partial charge in [-0.2, -0.15) is 0 Å². The van der Waals surface area contributed by atoms with Crippen LogP contribution in [0.4, 0.5) is 5.95 Å². The molecular weight excluding hydrogens is 188 g/mol. The van der Waals surface area contributed by atoms with E-state index in [-0.39, 0.29) is 0 Å². The Labute approximate surface area is 90.5 Å². The zero-order valence-electron chi connectivity index (χ0n) is 9.19. The molecular formula is C11H18N4. The summed E-state index contributed by atoms with van der Waals surface area (Å²) in [7, 11) is 0. The molecule has 0 aromatic carbocycles. The fourth-order valence-corrected chi connectivity index (χ4v) is 1.67. The van der Waals surface area contributed by atoms with Crippen molar-refractivity contribution in [3.8, 4) is 0 Å². The Morgan fingerprint density at radius 2 is 2.07 bits per heavy atom. The molecule has 0 radical (unpaired) electrons. The molecule has 0 saturated heterocycles. The van der Waals surface area contributed by atoms with E-state index < -0.39 is 0 Å². The predicted octanol–water partition coefficient (Wildman–Crippen LogP) is 1.31. The summed E-state index contributed by atoms with van der Waals surface area (Å²) < 4.78 is 0. The lowest BCUT2D eigenvalue weighted by atomic mass is 10.3. The van der Waals surface area contributed by atoms with E-state index in [4.69, 9.17) is 5.73 Å². The van der Waals surface area contributed by atoms with E-state index in [1.807, 2.05) is 12.4 Å². The topological polar surface area (TPSA) is 55.0 Å². The van der Waals surface area contributed by atoms with Crippen molar-refractivity contribution in [1.29, 1.82) is 0 Å². The van der Waals surface area contributed by atoms with E-state index in [0.717, 1.165) is 24.5 Å². The number of hydrogen-bond acceptors (Lipinski definition) is 4. The van der Waals surface area contributed by atoms with E-state index >= 15 is 0 Å². The Hall–Kier alpha value is -1.16. The van der Waals surface area contributed by atoms with Crippen LogP contribution in [0.1, 0.15) is 31.7 Å². The first-order chi connectivity index (χ1) is 7.35. The number of hydrogen-bond donors (Lipinski definition) is 1. The fourth-order valence-electron chi connectivity index (χ4n) is 1.67. The minimum absolute atomic E-state index is 0.511. The number of rotatable bonds is 5. The normalized spacial score (nSPS) is 15.3. The number of anilines is 1. The molecule has 1 heterocycles. The average Bonchev–Trinajstić information content (AvgIpc) is 3.10. The molecule has 1 aromatic rings. The Balaban J connectivity index is 2.10. The lowest BCUT2D eigenvalue weighted by Crippen LogP contribution is -2.28. The first-order valence-corrected chi connectivity index (χ1v) is 5.62. The smallest absolute Gasteiger partial charge is 0.225 e. The van der Waals surface area contributed by atoms with Crippen molar-refractivity contribution >= 4 is 5.95 Å². The summed E-state index contributed by atoms with van der Waals surface area (Å²) in [4.78, 5) is 11.0. The molecule has 0 aliphatic heterocycles. The first-order valence-electron chi connectivity index (χ1n) is 5.62. The van der Waals surface area contributed by atoms with Gasteiger partial charge in [0, 0.05) is 37.1 Å². The summed E-state index contributed by atoms with van der Waals surface area (Å²) in [5.41, 5.74) is 6.50. The fraction of sp³-hybridized carbons (Fsp3) is 0.636. The molecule has 0 unspecified atom stereocenters. The highest BCUT2D eigenvalue weighted by Gasteiger charge is 2.29. The summed E-state index contributed by atoms with van der Waals surface area (Å²) in [5, 5.41) is 0. The molecule has 82 valence electrons. The minimum atomic E-state index is 0.511. The molecule has 4 heteroatoms. The highest BCUT2D eigenvalue weighted by Crippen LogP contribution is 2.29. The van der Waals surface area contributed by atoms with Crippen LogP contribution in [0.25, 0.3) is 0 Å². The van der Waals surface area contributed by atoms with Gasteiger partial charge in [0.2, 0.25) is 5.95 Å². The monoisotopic (exact) mass is 206 g/mol. The maximum Gasteiger partial charge on any atom is 0.225 e. The van der Waals surface area contributed by atoms with Crippen molar-refractivity contribution in [2.24, 2.45) is 5.73 Å². The van der Waals surface area contributed by atoms with Crippen LogP contribution in [0.5, 0.6) is 0 Å². The lowest BCUT2D eigenvalue weighted by Gasteiger charge is -2.21. The van der Waals surface area contributed by atoms with E-state index in [2.05, 4.69) is 21.8 Å². The standard InChI is InChI=1S/C11H18N4/c1-2-5-15(10-3-4-10)11-13-7-9(6-12)8-14-11/h7-8,10H,2-6,12H2,1H3. The molecule has 0 spiro atoms. The van der Waals surface area contributed by atoms with E-state index in [1.165, 1.54) is 12.8 Å². The van der Waals surface area contributed by atoms with Gasteiger partial charge >= 0.3 is 0 Å². The van der Waals surface area contributed by atoms with Gasteiger partial charge in [0.05, 0.1) is 0 Å². The SMILES string of the molecule is CCCN(c1ncc(CN)cn1)C1CC1. The second-order valence-corrected chi connectivity index (χ2v) is 4.02. The van der Waals surface area contributed by atoms with Gasteiger partial charge in [0.1, 0.15) is 0 Å². The average molecular weight is 206 g/mol. The van der Waals surface area contributed by atoms with Crippen LogP contribution in [0.15, 0.2) is 12.4 Å². The highest BCUT2D eigenvalue weighted by atomic mass is 15.3. The van der Waals surface area contributed by atoms with Crippen LogP contribution in [-0.2, 0) is 6.54 Å². The van der Waals surface area contributed by atoms with Crippen molar-refractivity contribution in [1.82, 2.24) is 9.97 Å². The Morgan fingerprint density at radius 1 is 1.40 bits per heavy atom. The number of aromatic nitrogens is 2. The molecule has 0 bridgehead atoms. The van der Waals surface area contributed by atoms with Crippen LogP contribution >= 0.6 is 0 Å². The van der Waals surface area contributed by atoms with Crippen molar-refractivity contribution < 1.29 is 0 Å². The van der Waals surface area contributed by atoms with Gasteiger partial charge in [-0.1, -0.05) is 6.92 Å². The van der Waals surface area contributed by atoms with Crippen molar-refractivity contribution in [3.05, 3.63) is 18.0 Å². The molecule has 1 aliphatic carbocycles. The summed E-state index contributed by atoms with van der Waals surface area (Å²) in [6.45, 7) is 3.74. The Bertz CT molecular complexity index is 305. The van der Waals surface area contributed by atoms with Crippen molar-refractivity contribution in [3.63, 3.8) is 0 Å². The van der Waals surface area contributed by atoms with Gasteiger partial charge in [-0.3, -0.25) is 0 Å². The Morgan fingerprint density at radius 3 is 2.53 bits per heavy atom. The summed E-state index contributed by atoms with van der Waals surface area (Å²) in [5.74, 6) is 0.858. The molecule has 1 aromatic heterocycles. The largest absolute Gasteiger partial charge is 0.338 e. The maximum absolute atomic E-state index is 5.51. The molecule has 15 heavy (non-hydrogen) atoms. The van der Waals surface area contributed by atoms with Crippen molar-refractivity contribution in [2.45, 2.75) is 38.8 Å². The molecule has 4 nitrogen and oxygen atoms in total. The third kappa shape index (κ3) is 2.45. The van der Waals surface area contributed by atoms with Crippen LogP contribution in [0, 0.1) is 0 Å². The summed E-state index contributed by atoms with van der Waals surface area (Å²) in [6.07, 6.45) is 7.35. The van der Waals surface area contributed by atoms with Crippen LogP contribution < -0.4 is 10.6 Å². The molecule has 2 N–H and O–H groups in total. The second kappa shape index (κ2) is 4.57. The van der Waals surface area contributed by atoms with E-state index in [0.29, 0.717) is 12.6 Å². The third-order valence-corrected chi connectivity index (χ3v) is 2.64. The maximum atomic E-state index is 5.51. The molecule has 1 saturated carbocycles.